The first-order valence-corrected chi connectivity index (χ1v) is 14.8. The molecule has 1 fully saturated rings. The maximum absolute atomic E-state index is 13.7. The monoisotopic (exact) mass is 528 g/mol. The van der Waals surface area contributed by atoms with Gasteiger partial charge in [0.1, 0.15) is 0 Å². The lowest BCUT2D eigenvalue weighted by Gasteiger charge is -2.34. The molecular formula is C27H36N4O3S2. The van der Waals surface area contributed by atoms with Crippen LogP contribution in [0, 0.1) is 13.8 Å². The number of anilines is 1. The van der Waals surface area contributed by atoms with E-state index in [1.54, 1.807) is 33.5 Å². The minimum Gasteiger partial charge on any atom is -0.308 e. The molecule has 4 rings (SSSR count). The fourth-order valence-corrected chi connectivity index (χ4v) is 7.75. The van der Waals surface area contributed by atoms with E-state index < -0.39 is 10.0 Å². The molecule has 0 spiro atoms. The molecular weight excluding hydrogens is 492 g/mol. The van der Waals surface area contributed by atoms with E-state index in [0.29, 0.717) is 30.3 Å². The lowest BCUT2D eigenvalue weighted by atomic mass is 10.0. The Kier molecular flexibility index (Phi) is 8.14. The van der Waals surface area contributed by atoms with Crippen LogP contribution >= 0.6 is 11.3 Å². The number of nitrogens with zero attached hydrogens (tertiary/aromatic N) is 4. The van der Waals surface area contributed by atoms with Gasteiger partial charge in [-0.05, 0) is 88.7 Å². The Balaban J connectivity index is 1.64. The Labute approximate surface area is 218 Å². The zero-order chi connectivity index (χ0) is 26.0. The Bertz CT molecular complexity index is 1330. The summed E-state index contributed by atoms with van der Waals surface area (Å²) in [6.07, 6.45) is 3.64. The normalized spacial score (nSPS) is 17.1. The molecule has 3 aromatic rings. The highest BCUT2D eigenvalue weighted by Crippen LogP contribution is 2.33. The van der Waals surface area contributed by atoms with Crippen LogP contribution in [0.3, 0.4) is 0 Å². The number of rotatable bonds is 8. The van der Waals surface area contributed by atoms with Crippen LogP contribution in [-0.4, -0.2) is 68.3 Å². The highest BCUT2D eigenvalue weighted by molar-refractivity contribution is 7.89. The zero-order valence-electron chi connectivity index (χ0n) is 21.8. The Morgan fingerprint density at radius 1 is 1.11 bits per heavy atom. The molecule has 0 aliphatic carbocycles. The maximum Gasteiger partial charge on any atom is 0.260 e. The highest BCUT2D eigenvalue weighted by Gasteiger charge is 2.32. The minimum atomic E-state index is -3.59. The van der Waals surface area contributed by atoms with Gasteiger partial charge in [0, 0.05) is 31.2 Å². The molecule has 2 heterocycles. The lowest BCUT2D eigenvalue weighted by molar-refractivity contribution is 0.0985. The molecule has 0 bridgehead atoms. The molecule has 1 aliphatic heterocycles. The number of sulfonamides is 1. The summed E-state index contributed by atoms with van der Waals surface area (Å²) in [5.74, 6) is -0.182. The topological polar surface area (TPSA) is 73.8 Å². The van der Waals surface area contributed by atoms with Gasteiger partial charge in [-0.1, -0.05) is 30.7 Å². The van der Waals surface area contributed by atoms with Crippen molar-refractivity contribution in [3.05, 3.63) is 53.1 Å². The fraction of sp³-hybridized carbons (Fsp3) is 0.481. The molecule has 36 heavy (non-hydrogen) atoms. The molecule has 7 nitrogen and oxygen atoms in total. The summed E-state index contributed by atoms with van der Waals surface area (Å²) < 4.78 is 29.4. The number of aromatic nitrogens is 1. The zero-order valence-corrected chi connectivity index (χ0v) is 23.5. The van der Waals surface area contributed by atoms with Gasteiger partial charge in [-0.3, -0.25) is 9.69 Å². The smallest absolute Gasteiger partial charge is 0.260 e. The van der Waals surface area contributed by atoms with Crippen LogP contribution in [0.2, 0.25) is 0 Å². The molecule has 0 saturated carbocycles. The second-order valence-electron chi connectivity index (χ2n) is 9.88. The number of aryl methyl sites for hydroxylation is 2. The number of benzene rings is 2. The van der Waals surface area contributed by atoms with Crippen LogP contribution in [-0.2, 0) is 10.0 Å². The number of hydrogen-bond acceptors (Lipinski definition) is 6. The number of hydrogen-bond donors (Lipinski definition) is 0. The summed E-state index contributed by atoms with van der Waals surface area (Å²) in [5.41, 5.74) is 3.62. The third kappa shape index (κ3) is 5.49. The lowest BCUT2D eigenvalue weighted by Crippen LogP contribution is -2.43. The van der Waals surface area contributed by atoms with Crippen LogP contribution < -0.4 is 4.90 Å². The van der Waals surface area contributed by atoms with Gasteiger partial charge in [0.2, 0.25) is 10.0 Å². The predicted octanol–water partition coefficient (Wildman–Crippen LogP) is 5.07. The fourth-order valence-electron chi connectivity index (χ4n) is 4.82. The van der Waals surface area contributed by atoms with Crippen molar-refractivity contribution in [3.63, 3.8) is 0 Å². The van der Waals surface area contributed by atoms with Crippen molar-refractivity contribution >= 4 is 42.6 Å². The Hall–Kier alpha value is -2.33. The number of carbonyl (C=O) groups is 1. The van der Waals surface area contributed by atoms with Crippen LogP contribution in [0.1, 0.15) is 54.1 Å². The van der Waals surface area contributed by atoms with E-state index in [0.717, 1.165) is 47.0 Å². The van der Waals surface area contributed by atoms with E-state index in [2.05, 4.69) is 19.1 Å². The van der Waals surface area contributed by atoms with Crippen molar-refractivity contribution in [1.82, 2.24) is 14.2 Å². The number of piperidine rings is 1. The van der Waals surface area contributed by atoms with E-state index in [1.807, 2.05) is 32.8 Å². The summed E-state index contributed by atoms with van der Waals surface area (Å²) in [5, 5.41) is 0.654. The predicted molar refractivity (Wildman–Crippen MR) is 148 cm³/mol. The first-order chi connectivity index (χ1) is 17.1. The molecule has 0 radical (unpaired) electrons. The molecule has 1 saturated heterocycles. The standard InChI is InChI=1S/C27H36N4O3S2/c1-6-22-9-7-8-14-31(22)36(33,34)23-12-10-21(11-13-23)26(32)30(16-15-29(4)5)27-28-25-20(3)17-19(2)18-24(25)35-27/h10-13,17-18,22H,6-9,14-16H2,1-5H3. The molecule has 0 N–H and O–H groups in total. The van der Waals surface area contributed by atoms with E-state index in [4.69, 9.17) is 4.98 Å². The quantitative estimate of drug-likeness (QED) is 0.408. The van der Waals surface area contributed by atoms with Crippen molar-refractivity contribution in [3.8, 4) is 0 Å². The van der Waals surface area contributed by atoms with Gasteiger partial charge in [-0.25, -0.2) is 13.4 Å². The van der Waals surface area contributed by atoms with Crippen LogP contribution in [0.5, 0.6) is 0 Å². The molecule has 1 atom stereocenters. The number of thiazole rings is 1. The second kappa shape index (κ2) is 11.0. The van der Waals surface area contributed by atoms with Crippen LogP contribution in [0.25, 0.3) is 10.2 Å². The van der Waals surface area contributed by atoms with Gasteiger partial charge in [0.15, 0.2) is 5.13 Å². The van der Waals surface area contributed by atoms with Gasteiger partial charge in [-0.2, -0.15) is 4.31 Å². The van der Waals surface area contributed by atoms with E-state index in [1.165, 1.54) is 11.3 Å². The number of amides is 1. The van der Waals surface area contributed by atoms with Crippen molar-refractivity contribution in [2.45, 2.75) is 57.4 Å². The van der Waals surface area contributed by atoms with Crippen LogP contribution in [0.15, 0.2) is 41.3 Å². The average Bonchev–Trinajstić information content (AvgIpc) is 3.28. The first kappa shape index (κ1) is 26.7. The molecule has 1 aliphatic rings. The van der Waals surface area contributed by atoms with Crippen molar-refractivity contribution in [2.24, 2.45) is 0 Å². The van der Waals surface area contributed by atoms with Crippen molar-refractivity contribution < 1.29 is 13.2 Å². The third-order valence-electron chi connectivity index (χ3n) is 6.82. The van der Waals surface area contributed by atoms with Gasteiger partial charge < -0.3 is 4.90 Å². The minimum absolute atomic E-state index is 0.0395. The highest BCUT2D eigenvalue weighted by atomic mass is 32.2. The summed E-state index contributed by atoms with van der Waals surface area (Å²) in [6, 6.07) is 10.6. The van der Waals surface area contributed by atoms with Crippen molar-refractivity contribution in [2.75, 3.05) is 38.6 Å². The Morgan fingerprint density at radius 2 is 1.83 bits per heavy atom. The summed E-state index contributed by atoms with van der Waals surface area (Å²) in [4.78, 5) is 22.5. The average molecular weight is 529 g/mol. The third-order valence-corrected chi connectivity index (χ3v) is 9.81. The SMILES string of the molecule is CCC1CCCCN1S(=O)(=O)c1ccc(C(=O)N(CCN(C)C)c2nc3c(C)cc(C)cc3s2)cc1. The number of likely N-dealkylation sites (N-methyl/N-ethyl adjacent to an activating group) is 1. The number of carbonyl (C=O) groups excluding carboxylic acids is 1. The molecule has 2 aromatic carbocycles. The Morgan fingerprint density at radius 3 is 2.50 bits per heavy atom. The maximum atomic E-state index is 13.7. The summed E-state index contributed by atoms with van der Waals surface area (Å²) >= 11 is 1.51. The number of fused-ring (bicyclic) bond motifs is 1. The van der Waals surface area contributed by atoms with Crippen molar-refractivity contribution in [1.29, 1.82) is 0 Å². The summed E-state index contributed by atoms with van der Waals surface area (Å²) in [7, 11) is 0.347. The first-order valence-electron chi connectivity index (χ1n) is 12.6. The van der Waals surface area contributed by atoms with Gasteiger partial charge in [0.25, 0.3) is 5.91 Å². The summed E-state index contributed by atoms with van der Waals surface area (Å²) in [6.45, 7) is 7.84. The molecule has 9 heteroatoms. The van der Waals surface area contributed by atoms with E-state index in [-0.39, 0.29) is 16.8 Å². The molecule has 1 amide bonds. The molecule has 194 valence electrons. The van der Waals surface area contributed by atoms with Crippen LogP contribution in [0.4, 0.5) is 5.13 Å². The van der Waals surface area contributed by atoms with Gasteiger partial charge >= 0.3 is 0 Å². The molecule has 1 unspecified atom stereocenters. The van der Waals surface area contributed by atoms with Gasteiger partial charge in [0.05, 0.1) is 15.1 Å². The van der Waals surface area contributed by atoms with Gasteiger partial charge in [-0.15, -0.1) is 0 Å². The van der Waals surface area contributed by atoms with E-state index >= 15 is 0 Å². The second-order valence-corrected chi connectivity index (χ2v) is 12.8. The molecule has 1 aromatic heterocycles. The largest absolute Gasteiger partial charge is 0.308 e. The van der Waals surface area contributed by atoms with E-state index in [9.17, 15) is 13.2 Å².